The standard InChI is InChI=1S/Ca.Fe.K.Mg.Mn.H2Se.5H/h;;;;;1H2;;;;;/q;;;;+1;;;;;;/p-1. The topological polar surface area (TPSA) is 0 Å². The molecule has 6 heteroatoms. The van der Waals surface area contributed by atoms with E-state index in [2.05, 4.69) is 28.4 Å². The Balaban J connectivity index is -0.00000000667. The largest absolute Gasteiger partial charge is 0.316 e. The normalized spacial score (nSPS) is 3.00. The summed E-state index contributed by atoms with van der Waals surface area (Å²) in [4.78, 5) is 0. The zero-order chi connectivity index (χ0) is 2.71. The fourth-order valence-corrected chi connectivity index (χ4v) is 0. The van der Waals surface area contributed by atoms with Crippen molar-refractivity contribution in [1.82, 2.24) is 0 Å². The van der Waals surface area contributed by atoms with E-state index in [0.717, 1.165) is 11.3 Å². The van der Waals surface area contributed by atoms with Gasteiger partial charge in [0, 0.05) is 0 Å². The monoisotopic (exact) mass is 300 g/mol. The summed E-state index contributed by atoms with van der Waals surface area (Å²) >= 11 is 6.62. The van der Waals surface area contributed by atoms with Gasteiger partial charge >= 0.3 is 152 Å². The van der Waals surface area contributed by atoms with E-state index in [1.807, 2.05) is 0 Å². The van der Waals surface area contributed by atoms with Crippen LogP contribution >= 0.6 is 0 Å². The van der Waals surface area contributed by atoms with Crippen LogP contribution in [0.4, 0.5) is 0 Å². The molecule has 0 amide bonds. The number of hydrogen-bond acceptors (Lipinski definition) is 0. The van der Waals surface area contributed by atoms with Crippen LogP contribution in [0.3, 0.4) is 0 Å². The van der Waals surface area contributed by atoms with E-state index in [1.165, 1.54) is 0 Å². The van der Waals surface area contributed by atoms with Crippen molar-refractivity contribution in [3.63, 3.8) is 0 Å². The van der Waals surface area contributed by atoms with E-state index in [1.54, 1.807) is 0 Å². The summed E-state index contributed by atoms with van der Waals surface area (Å²) in [5.41, 5.74) is 0. The molecule has 0 radical (unpaired) electrons. The van der Waals surface area contributed by atoms with Gasteiger partial charge in [0.15, 0.2) is 0 Å². The Kier molecular flexibility index (Phi) is 84.1. The van der Waals surface area contributed by atoms with Gasteiger partial charge in [0.1, 0.15) is 0 Å². The summed E-state index contributed by atoms with van der Waals surface area (Å²) in [5.74, 6) is 0. The van der Waals surface area contributed by atoms with Gasteiger partial charge in [-0.05, 0) is 0 Å². The Morgan fingerprint density at radius 1 is 1.50 bits per heavy atom. The van der Waals surface area contributed by atoms with Crippen molar-refractivity contribution >= 4 is 126 Å². The molecule has 0 saturated heterocycles. The van der Waals surface area contributed by atoms with Gasteiger partial charge in [-0.25, -0.2) is 0 Å². The molecule has 0 aromatic carbocycles. The molecular weight excluding hydrogens is 293 g/mol. The average molecular weight is 299 g/mol. The molecule has 0 aliphatic rings. The van der Waals surface area contributed by atoms with Gasteiger partial charge in [-0.15, -0.1) is 0 Å². The van der Waals surface area contributed by atoms with Crippen molar-refractivity contribution in [2.24, 2.45) is 0 Å². The van der Waals surface area contributed by atoms with E-state index >= 15 is 0 Å². The van der Waals surface area contributed by atoms with E-state index in [0.29, 0.717) is 0 Å². The molecule has 0 heterocycles. The van der Waals surface area contributed by atoms with Crippen LogP contribution in [0.25, 0.3) is 0 Å². The summed E-state index contributed by atoms with van der Waals surface area (Å²) in [6.07, 6.45) is 0. The minimum absolute atomic E-state index is 0. The van der Waals surface area contributed by atoms with Gasteiger partial charge in [0.2, 0.25) is 0 Å². The first-order chi connectivity index (χ1) is 1.41. The fraction of sp³-hybridized carbons (Fsp3) is 0. The molecular formula is H6CaFeKMgMnSe. The van der Waals surface area contributed by atoms with Crippen LogP contribution in [0.2, 0.25) is 0 Å². The Hall–Kier alpha value is 5.22. The SMILES string of the molecule is [CaH2].[Fe][Mn][SeH].[KH].[MgH2]. The third-order valence-corrected chi connectivity index (χ3v) is 0. The molecule has 6 heavy (non-hydrogen) atoms. The first-order valence-electron chi connectivity index (χ1n) is 0.303. The van der Waals surface area contributed by atoms with Gasteiger partial charge in [-0.1, -0.05) is 0 Å². The van der Waals surface area contributed by atoms with Crippen LogP contribution in [-0.2, 0) is 25.5 Å². The maximum atomic E-state index is 3.49. The van der Waals surface area contributed by atoms with Crippen LogP contribution in [0, 0.1) is 0 Å². The van der Waals surface area contributed by atoms with E-state index in [9.17, 15) is 0 Å². The van der Waals surface area contributed by atoms with E-state index in [-0.39, 0.29) is 112 Å². The molecule has 0 fully saturated rings. The first-order valence-corrected chi connectivity index (χ1v) is 5.89. The Morgan fingerprint density at radius 3 is 1.50 bits per heavy atom. The Labute approximate surface area is 147 Å². The van der Waals surface area contributed by atoms with Gasteiger partial charge in [0.25, 0.3) is 0 Å². The molecule has 0 aliphatic heterocycles. The molecule has 0 spiro atoms. The number of hydrogen-bond donors (Lipinski definition) is 0. The fourth-order valence-electron chi connectivity index (χ4n) is 0. The van der Waals surface area contributed by atoms with Crippen molar-refractivity contribution in [3.05, 3.63) is 0 Å². The zero-order valence-corrected chi connectivity index (χ0v) is 5.34. The molecule has 0 nitrogen and oxygen atoms in total. The zero-order valence-electron chi connectivity index (χ0n) is 1.18. The van der Waals surface area contributed by atoms with Crippen LogP contribution < -0.4 is 0 Å². The summed E-state index contributed by atoms with van der Waals surface area (Å²) < 4.78 is 0. The second kappa shape index (κ2) is 22.5. The molecule has 0 atom stereocenters. The minimum Gasteiger partial charge on any atom is 0.316 e. The van der Waals surface area contributed by atoms with Crippen LogP contribution in [0.5, 0.6) is 0 Å². The summed E-state index contributed by atoms with van der Waals surface area (Å²) in [6, 6.07) is 0. The van der Waals surface area contributed by atoms with Gasteiger partial charge in [0.05, 0.1) is 0 Å². The third kappa shape index (κ3) is 22.9. The third-order valence-electron chi connectivity index (χ3n) is 0. The minimum atomic E-state index is 0. The summed E-state index contributed by atoms with van der Waals surface area (Å²) in [6.45, 7) is 0. The van der Waals surface area contributed by atoms with Crippen molar-refractivity contribution in [2.45, 2.75) is 0 Å². The van der Waals surface area contributed by atoms with Crippen molar-refractivity contribution in [2.75, 3.05) is 0 Å². The maximum Gasteiger partial charge on any atom is 0.316 e. The molecule has 0 N–H and O–H groups in total. The predicted octanol–water partition coefficient (Wildman–Crippen LogP) is -3.13. The Morgan fingerprint density at radius 2 is 1.50 bits per heavy atom. The van der Waals surface area contributed by atoms with Gasteiger partial charge < -0.3 is 0 Å². The molecule has 0 bridgehead atoms. The van der Waals surface area contributed by atoms with Crippen LogP contribution in [0.1, 0.15) is 0 Å². The van der Waals surface area contributed by atoms with Gasteiger partial charge in [-0.3, -0.25) is 0 Å². The first kappa shape index (κ1) is 22.5. The van der Waals surface area contributed by atoms with Crippen molar-refractivity contribution < 1.29 is 25.5 Å². The molecule has 32 valence electrons. The second-order valence-electron chi connectivity index (χ2n) is 0.0598. The Bertz CT molecular complexity index is 15.5. The molecule has 0 rings (SSSR count). The number of rotatable bonds is 0. The molecule has 0 unspecified atom stereocenters. The molecule has 0 aromatic heterocycles. The summed E-state index contributed by atoms with van der Waals surface area (Å²) in [7, 11) is 0. The van der Waals surface area contributed by atoms with Crippen molar-refractivity contribution in [3.8, 4) is 0 Å². The van der Waals surface area contributed by atoms with Crippen LogP contribution in [-0.4, -0.2) is 126 Å². The predicted molar refractivity (Wildman–Crippen MR) is 31.4 cm³/mol. The smallest absolute Gasteiger partial charge is 0.316 e. The van der Waals surface area contributed by atoms with Crippen molar-refractivity contribution in [1.29, 1.82) is 0 Å². The molecule has 0 saturated carbocycles. The van der Waals surface area contributed by atoms with E-state index in [4.69, 9.17) is 0 Å². The quantitative estimate of drug-likeness (QED) is 0.415. The van der Waals surface area contributed by atoms with E-state index < -0.39 is 0 Å². The summed E-state index contributed by atoms with van der Waals surface area (Å²) in [5, 5.41) is 0. The molecule has 0 aliphatic carbocycles. The molecule has 0 aromatic rings. The maximum absolute atomic E-state index is 3.49. The van der Waals surface area contributed by atoms with Crippen LogP contribution in [0.15, 0.2) is 0 Å². The van der Waals surface area contributed by atoms with Gasteiger partial charge in [-0.2, -0.15) is 0 Å². The average Bonchev–Trinajstić information content (AvgIpc) is 0.918. The second-order valence-corrected chi connectivity index (χ2v) is 5.28.